The molecule has 2 nitrogen and oxygen atoms in total. The Bertz CT molecular complexity index is 471. The van der Waals surface area contributed by atoms with E-state index in [-0.39, 0.29) is 0 Å². The number of hydrazine groups is 1. The zero-order valence-corrected chi connectivity index (χ0v) is 16.2. The predicted molar refractivity (Wildman–Crippen MR) is 111 cm³/mol. The maximum Gasteiger partial charge on any atom is 0.0507 e. The largest absolute Gasteiger partial charge is 0.314 e. The van der Waals surface area contributed by atoms with Gasteiger partial charge >= 0.3 is 0 Å². The van der Waals surface area contributed by atoms with E-state index >= 15 is 0 Å². The molecule has 1 rings (SSSR count). The average molecular weight is 329 g/mol. The standard InChI is InChI=1S/C8H14.C7H12N2.C7H10/c1-4-7-8(5-2)6-3;1-4-6-7(5-2)9(3)8;1-7-5-3-2-4-6-7/h4-5,7H,6H2,1-3H3;4-6H,1-2,8H2,3H3;2-5,7H,6H2,1H3/b7-4-,8-5-;7-6+;. The first-order valence-electron chi connectivity index (χ1n) is 8.51. The van der Waals surface area contributed by atoms with E-state index in [4.69, 9.17) is 5.84 Å². The van der Waals surface area contributed by atoms with E-state index in [2.05, 4.69) is 76.5 Å². The summed E-state index contributed by atoms with van der Waals surface area (Å²) in [5.74, 6) is 6.15. The normalized spacial score (nSPS) is 16.7. The number of nitrogens with zero attached hydrogens (tertiary/aromatic N) is 1. The molecule has 24 heavy (non-hydrogen) atoms. The number of allylic oxidation sites excluding steroid dienone is 11. The number of rotatable bonds is 5. The molecule has 0 bridgehead atoms. The molecule has 0 amide bonds. The molecule has 0 saturated heterocycles. The lowest BCUT2D eigenvalue weighted by atomic mass is 10.0. The van der Waals surface area contributed by atoms with Gasteiger partial charge in [0, 0.05) is 7.05 Å². The van der Waals surface area contributed by atoms with Crippen LogP contribution in [-0.2, 0) is 0 Å². The molecule has 2 heteroatoms. The van der Waals surface area contributed by atoms with Crippen LogP contribution in [0, 0.1) is 5.92 Å². The third kappa shape index (κ3) is 14.9. The molecule has 2 N–H and O–H groups in total. The first-order chi connectivity index (χ1) is 11.5. The third-order valence-electron chi connectivity index (χ3n) is 3.26. The van der Waals surface area contributed by atoms with Crippen molar-refractivity contribution in [3.63, 3.8) is 0 Å². The fourth-order valence-corrected chi connectivity index (χ4v) is 1.79. The molecule has 1 atom stereocenters. The van der Waals surface area contributed by atoms with E-state index in [0.717, 1.165) is 18.0 Å². The molecule has 0 heterocycles. The third-order valence-corrected chi connectivity index (χ3v) is 3.26. The molecule has 134 valence electrons. The van der Waals surface area contributed by atoms with Gasteiger partial charge in [0.2, 0.25) is 0 Å². The summed E-state index contributed by atoms with van der Waals surface area (Å²) in [7, 11) is 1.75. The molecule has 0 fully saturated rings. The van der Waals surface area contributed by atoms with Crippen LogP contribution in [0.3, 0.4) is 0 Å². The van der Waals surface area contributed by atoms with Crippen molar-refractivity contribution in [3.8, 4) is 0 Å². The summed E-state index contributed by atoms with van der Waals surface area (Å²) in [6.45, 7) is 15.6. The van der Waals surface area contributed by atoms with Gasteiger partial charge in [-0.15, -0.1) is 0 Å². The van der Waals surface area contributed by atoms with Gasteiger partial charge in [-0.2, -0.15) is 0 Å². The second-order valence-electron chi connectivity index (χ2n) is 5.39. The van der Waals surface area contributed by atoms with Crippen molar-refractivity contribution in [2.24, 2.45) is 11.8 Å². The van der Waals surface area contributed by atoms with Crippen LogP contribution < -0.4 is 5.84 Å². The molecule has 0 aromatic carbocycles. The molecular formula is C22H36N2. The van der Waals surface area contributed by atoms with Crippen molar-refractivity contribution < 1.29 is 0 Å². The second kappa shape index (κ2) is 17.3. The Kier molecular flexibility index (Phi) is 17.4. The van der Waals surface area contributed by atoms with Gasteiger partial charge in [-0.05, 0) is 44.8 Å². The first kappa shape index (κ1) is 24.2. The lowest BCUT2D eigenvalue weighted by molar-refractivity contribution is 0.456. The fraction of sp³-hybridized carbons (Fsp3) is 0.364. The van der Waals surface area contributed by atoms with Gasteiger partial charge in [-0.3, -0.25) is 0 Å². The lowest BCUT2D eigenvalue weighted by Crippen LogP contribution is -2.23. The van der Waals surface area contributed by atoms with Gasteiger partial charge in [0.05, 0.1) is 5.70 Å². The monoisotopic (exact) mass is 328 g/mol. The quantitative estimate of drug-likeness (QED) is 0.375. The highest BCUT2D eigenvalue weighted by atomic mass is 15.4. The highest BCUT2D eigenvalue weighted by molar-refractivity contribution is 5.18. The SMILES string of the molecule is C/C=C\C(=C/C)CC.C=C/C=C(\C=C)N(C)N.CC1C=CC=CC1. The highest BCUT2D eigenvalue weighted by Crippen LogP contribution is 2.08. The number of nitrogens with two attached hydrogens (primary N) is 1. The summed E-state index contributed by atoms with van der Waals surface area (Å²) in [5, 5.41) is 1.48. The van der Waals surface area contributed by atoms with Crippen LogP contribution in [0.5, 0.6) is 0 Å². The maximum atomic E-state index is 5.38. The summed E-state index contributed by atoms with van der Waals surface area (Å²) >= 11 is 0. The minimum absolute atomic E-state index is 0.769. The second-order valence-corrected chi connectivity index (χ2v) is 5.39. The van der Waals surface area contributed by atoms with Gasteiger partial charge in [0.25, 0.3) is 0 Å². The Morgan fingerprint density at radius 1 is 1.29 bits per heavy atom. The molecule has 0 saturated carbocycles. The van der Waals surface area contributed by atoms with Crippen molar-refractivity contribution in [3.05, 3.63) is 85.2 Å². The van der Waals surface area contributed by atoms with Crippen molar-refractivity contribution in [1.82, 2.24) is 5.01 Å². The van der Waals surface area contributed by atoms with Crippen molar-refractivity contribution in [2.75, 3.05) is 7.05 Å². The molecule has 0 aromatic rings. The van der Waals surface area contributed by atoms with Crippen LogP contribution in [-0.4, -0.2) is 12.1 Å². The van der Waals surface area contributed by atoms with Gasteiger partial charge in [-0.1, -0.05) is 81.2 Å². The van der Waals surface area contributed by atoms with Crippen molar-refractivity contribution in [1.29, 1.82) is 0 Å². The highest BCUT2D eigenvalue weighted by Gasteiger charge is 1.93. The fourth-order valence-electron chi connectivity index (χ4n) is 1.79. The van der Waals surface area contributed by atoms with Gasteiger partial charge in [0.15, 0.2) is 0 Å². The van der Waals surface area contributed by atoms with Crippen molar-refractivity contribution >= 4 is 0 Å². The van der Waals surface area contributed by atoms with Gasteiger partial charge in [-0.25, -0.2) is 5.84 Å². The molecule has 1 aliphatic carbocycles. The molecule has 1 aliphatic rings. The van der Waals surface area contributed by atoms with Crippen LogP contribution in [0.1, 0.15) is 40.5 Å². The Labute approximate surface area is 150 Å². The molecule has 0 aromatic heterocycles. The van der Waals surface area contributed by atoms with E-state index < -0.39 is 0 Å². The lowest BCUT2D eigenvalue weighted by Gasteiger charge is -2.11. The maximum absolute atomic E-state index is 5.38. The van der Waals surface area contributed by atoms with E-state index in [1.807, 2.05) is 6.92 Å². The zero-order chi connectivity index (χ0) is 18.8. The van der Waals surface area contributed by atoms with E-state index in [1.54, 1.807) is 25.3 Å². The molecule has 0 aliphatic heterocycles. The van der Waals surface area contributed by atoms with E-state index in [1.165, 1.54) is 17.0 Å². The van der Waals surface area contributed by atoms with Gasteiger partial charge in [0.1, 0.15) is 0 Å². The minimum atomic E-state index is 0.769. The van der Waals surface area contributed by atoms with Crippen LogP contribution in [0.4, 0.5) is 0 Å². The predicted octanol–water partition coefficient (Wildman–Crippen LogP) is 6.11. The minimum Gasteiger partial charge on any atom is -0.314 e. The van der Waals surface area contributed by atoms with Crippen LogP contribution in [0.15, 0.2) is 85.2 Å². The Morgan fingerprint density at radius 3 is 2.12 bits per heavy atom. The molecule has 0 radical (unpaired) electrons. The van der Waals surface area contributed by atoms with Crippen molar-refractivity contribution in [2.45, 2.75) is 40.5 Å². The number of likely N-dealkylation sites (N-methyl/N-ethyl adjacent to an activating group) is 1. The van der Waals surface area contributed by atoms with Crippen LogP contribution >= 0.6 is 0 Å². The number of hydrogen-bond acceptors (Lipinski definition) is 2. The van der Waals surface area contributed by atoms with Crippen LogP contribution in [0.25, 0.3) is 0 Å². The first-order valence-corrected chi connectivity index (χ1v) is 8.51. The topological polar surface area (TPSA) is 29.3 Å². The summed E-state index contributed by atoms with van der Waals surface area (Å²) < 4.78 is 0. The Morgan fingerprint density at radius 2 is 1.96 bits per heavy atom. The summed E-state index contributed by atoms with van der Waals surface area (Å²) in [4.78, 5) is 0. The summed E-state index contributed by atoms with van der Waals surface area (Å²) in [5.41, 5.74) is 2.26. The molecular weight excluding hydrogens is 292 g/mol. The summed E-state index contributed by atoms with van der Waals surface area (Å²) in [6.07, 6.45) is 22.4. The van der Waals surface area contributed by atoms with E-state index in [9.17, 15) is 0 Å². The average Bonchev–Trinajstić information content (AvgIpc) is 2.59. The zero-order valence-electron chi connectivity index (χ0n) is 16.2. The summed E-state index contributed by atoms with van der Waals surface area (Å²) in [6, 6.07) is 0. The molecule has 0 spiro atoms. The van der Waals surface area contributed by atoms with Gasteiger partial charge < -0.3 is 5.01 Å². The molecule has 1 unspecified atom stereocenters. The Balaban J connectivity index is 0. The number of hydrogen-bond donors (Lipinski definition) is 1. The van der Waals surface area contributed by atoms with E-state index in [0.29, 0.717) is 0 Å². The van der Waals surface area contributed by atoms with Crippen LogP contribution in [0.2, 0.25) is 0 Å². The smallest absolute Gasteiger partial charge is 0.0507 e. The Hall–Kier alpha value is -2.06.